The highest BCUT2D eigenvalue weighted by Gasteiger charge is 2.20. The third-order valence-electron chi connectivity index (χ3n) is 3.23. The van der Waals surface area contributed by atoms with Crippen molar-refractivity contribution in [3.63, 3.8) is 0 Å². The van der Waals surface area contributed by atoms with Crippen molar-refractivity contribution in [2.24, 2.45) is 0 Å². The van der Waals surface area contributed by atoms with E-state index in [2.05, 4.69) is 33.2 Å². The van der Waals surface area contributed by atoms with Crippen molar-refractivity contribution >= 4 is 11.3 Å². The Kier molecular flexibility index (Phi) is 2.99. The fraction of sp³-hybridized carbons (Fsp3) is 0.462. The Bertz CT molecular complexity index is 496. The third-order valence-corrected chi connectivity index (χ3v) is 4.24. The summed E-state index contributed by atoms with van der Waals surface area (Å²) in [5.41, 5.74) is 2.66. The molecule has 2 aromatic heterocycles. The largest absolute Gasteiger partial charge is 0.328 e. The molecule has 0 saturated heterocycles. The van der Waals surface area contributed by atoms with Gasteiger partial charge in [0.05, 0.1) is 18.6 Å². The van der Waals surface area contributed by atoms with E-state index in [1.165, 1.54) is 29.0 Å². The molecule has 0 aliphatic heterocycles. The molecule has 0 aromatic carbocycles. The first-order chi connectivity index (χ1) is 8.33. The Balaban J connectivity index is 1.69. The summed E-state index contributed by atoms with van der Waals surface area (Å²) in [6, 6.07) is 2.93. The first-order valence-corrected chi connectivity index (χ1v) is 6.96. The molecule has 1 saturated carbocycles. The van der Waals surface area contributed by atoms with Gasteiger partial charge in [0.25, 0.3) is 0 Å². The van der Waals surface area contributed by atoms with Crippen LogP contribution in [0.1, 0.15) is 29.0 Å². The minimum Gasteiger partial charge on any atom is -0.328 e. The van der Waals surface area contributed by atoms with Gasteiger partial charge in [-0.25, -0.2) is 4.98 Å². The van der Waals surface area contributed by atoms with E-state index < -0.39 is 0 Å². The Morgan fingerprint density at radius 2 is 2.41 bits per heavy atom. The molecule has 2 heterocycles. The average molecular weight is 247 g/mol. The van der Waals surface area contributed by atoms with E-state index in [1.807, 2.05) is 23.9 Å². The van der Waals surface area contributed by atoms with Crippen LogP contribution in [0.5, 0.6) is 0 Å². The van der Waals surface area contributed by atoms with Gasteiger partial charge in [0, 0.05) is 23.7 Å². The van der Waals surface area contributed by atoms with Crippen LogP contribution < -0.4 is 5.32 Å². The first kappa shape index (κ1) is 11.0. The van der Waals surface area contributed by atoms with Crippen molar-refractivity contribution in [1.82, 2.24) is 14.9 Å². The molecule has 4 heteroatoms. The van der Waals surface area contributed by atoms with Crippen LogP contribution in [0.2, 0.25) is 0 Å². The summed E-state index contributed by atoms with van der Waals surface area (Å²) in [6.45, 7) is 4.06. The topological polar surface area (TPSA) is 29.9 Å². The molecular weight excluding hydrogens is 230 g/mol. The predicted molar refractivity (Wildman–Crippen MR) is 70.2 cm³/mol. The lowest BCUT2D eigenvalue weighted by molar-refractivity contribution is 0.636. The number of thiophene rings is 1. The van der Waals surface area contributed by atoms with Crippen molar-refractivity contribution in [3.8, 4) is 0 Å². The van der Waals surface area contributed by atoms with Crippen LogP contribution in [0.4, 0.5) is 0 Å². The van der Waals surface area contributed by atoms with E-state index in [1.54, 1.807) is 0 Å². The van der Waals surface area contributed by atoms with Crippen LogP contribution in [-0.4, -0.2) is 15.6 Å². The molecule has 0 unspecified atom stereocenters. The summed E-state index contributed by atoms with van der Waals surface area (Å²) in [4.78, 5) is 5.68. The minimum atomic E-state index is 0.752. The predicted octanol–water partition coefficient (Wildman–Crippen LogP) is 2.55. The molecule has 3 rings (SSSR count). The van der Waals surface area contributed by atoms with Crippen molar-refractivity contribution in [1.29, 1.82) is 0 Å². The lowest BCUT2D eigenvalue weighted by Crippen LogP contribution is -2.18. The maximum absolute atomic E-state index is 4.26. The van der Waals surface area contributed by atoms with Gasteiger partial charge in [0.1, 0.15) is 0 Å². The van der Waals surface area contributed by atoms with Crippen LogP contribution in [0.3, 0.4) is 0 Å². The molecule has 0 bridgehead atoms. The van der Waals surface area contributed by atoms with Crippen molar-refractivity contribution in [3.05, 3.63) is 40.1 Å². The van der Waals surface area contributed by atoms with E-state index in [0.717, 1.165) is 19.1 Å². The van der Waals surface area contributed by atoms with Gasteiger partial charge in [0.15, 0.2) is 0 Å². The number of aromatic nitrogens is 2. The van der Waals surface area contributed by atoms with E-state index in [-0.39, 0.29) is 0 Å². The second-order valence-electron chi connectivity index (χ2n) is 4.69. The Hall–Kier alpha value is -1.13. The van der Waals surface area contributed by atoms with Crippen LogP contribution in [0.25, 0.3) is 0 Å². The van der Waals surface area contributed by atoms with Gasteiger partial charge in [-0.2, -0.15) is 0 Å². The number of nitrogens with zero attached hydrogens (tertiary/aromatic N) is 2. The number of nitrogens with one attached hydrogen (secondary N) is 1. The van der Waals surface area contributed by atoms with E-state index in [4.69, 9.17) is 0 Å². The number of hydrogen-bond donors (Lipinski definition) is 1. The average Bonchev–Trinajstić information content (AvgIpc) is 2.92. The normalized spacial score (nSPS) is 15.4. The van der Waals surface area contributed by atoms with Gasteiger partial charge >= 0.3 is 0 Å². The highest BCUT2D eigenvalue weighted by atomic mass is 32.1. The summed E-state index contributed by atoms with van der Waals surface area (Å²) in [5, 5.41) is 5.69. The third kappa shape index (κ3) is 2.58. The molecule has 1 fully saturated rings. The molecule has 0 atom stereocenters. The van der Waals surface area contributed by atoms with Gasteiger partial charge in [-0.3, -0.25) is 0 Å². The van der Waals surface area contributed by atoms with Crippen LogP contribution in [-0.2, 0) is 13.1 Å². The summed E-state index contributed by atoms with van der Waals surface area (Å²) < 4.78 is 2.24. The van der Waals surface area contributed by atoms with Gasteiger partial charge < -0.3 is 9.88 Å². The molecule has 1 aliphatic carbocycles. The summed E-state index contributed by atoms with van der Waals surface area (Å²) >= 11 is 1.82. The lowest BCUT2D eigenvalue weighted by Gasteiger charge is -2.08. The Labute approximate surface area is 106 Å². The summed E-state index contributed by atoms with van der Waals surface area (Å²) in [7, 11) is 0. The zero-order valence-corrected chi connectivity index (χ0v) is 10.8. The van der Waals surface area contributed by atoms with Gasteiger partial charge in [-0.05, 0) is 36.8 Å². The Morgan fingerprint density at radius 3 is 3.12 bits per heavy atom. The molecule has 17 heavy (non-hydrogen) atoms. The molecular formula is C13H17N3S. The number of rotatable bonds is 5. The fourth-order valence-corrected chi connectivity index (χ4v) is 2.80. The van der Waals surface area contributed by atoms with E-state index in [9.17, 15) is 0 Å². The van der Waals surface area contributed by atoms with Gasteiger partial charge in [-0.15, -0.1) is 11.3 Å². The first-order valence-electron chi connectivity index (χ1n) is 6.08. The maximum atomic E-state index is 4.26. The van der Waals surface area contributed by atoms with E-state index >= 15 is 0 Å². The monoisotopic (exact) mass is 247 g/mol. The second kappa shape index (κ2) is 4.63. The number of aryl methyl sites for hydroxylation is 1. The minimum absolute atomic E-state index is 0.752. The summed E-state index contributed by atoms with van der Waals surface area (Å²) in [5.74, 6) is 0. The van der Waals surface area contributed by atoms with Crippen LogP contribution >= 0.6 is 11.3 Å². The van der Waals surface area contributed by atoms with Gasteiger partial charge in [0.2, 0.25) is 0 Å². The lowest BCUT2D eigenvalue weighted by atomic mass is 10.3. The highest BCUT2D eigenvalue weighted by Crippen LogP contribution is 2.20. The molecule has 0 radical (unpaired) electrons. The zero-order chi connectivity index (χ0) is 11.7. The molecule has 0 spiro atoms. The molecule has 1 aliphatic rings. The number of imidazole rings is 1. The SMILES string of the molecule is Cc1ccsc1Cn1cncc1CNC1CC1. The van der Waals surface area contributed by atoms with Gasteiger partial charge in [-0.1, -0.05) is 0 Å². The molecule has 0 amide bonds. The second-order valence-corrected chi connectivity index (χ2v) is 5.70. The van der Waals surface area contributed by atoms with E-state index in [0.29, 0.717) is 0 Å². The highest BCUT2D eigenvalue weighted by molar-refractivity contribution is 7.10. The quantitative estimate of drug-likeness (QED) is 0.880. The maximum Gasteiger partial charge on any atom is 0.0952 e. The summed E-state index contributed by atoms with van der Waals surface area (Å²) in [6.07, 6.45) is 6.57. The standard InChI is InChI=1S/C13H17N3S/c1-10-4-5-17-13(10)8-16-9-14-6-12(16)7-15-11-2-3-11/h4-6,9,11,15H,2-3,7-8H2,1H3. The Morgan fingerprint density at radius 1 is 1.53 bits per heavy atom. The van der Waals surface area contributed by atoms with Crippen LogP contribution in [0, 0.1) is 6.92 Å². The smallest absolute Gasteiger partial charge is 0.0952 e. The molecule has 2 aromatic rings. The molecule has 90 valence electrons. The van der Waals surface area contributed by atoms with Crippen molar-refractivity contribution in [2.45, 2.75) is 38.9 Å². The fourth-order valence-electron chi connectivity index (χ4n) is 1.89. The molecule has 1 N–H and O–H groups in total. The zero-order valence-electron chi connectivity index (χ0n) is 10.0. The number of hydrogen-bond acceptors (Lipinski definition) is 3. The molecule has 3 nitrogen and oxygen atoms in total. The van der Waals surface area contributed by atoms with Crippen molar-refractivity contribution in [2.75, 3.05) is 0 Å². The van der Waals surface area contributed by atoms with Crippen LogP contribution in [0.15, 0.2) is 24.0 Å². The van der Waals surface area contributed by atoms with Crippen molar-refractivity contribution < 1.29 is 0 Å².